The number of aryl methyl sites for hydroxylation is 1. The van der Waals surface area contributed by atoms with Crippen molar-refractivity contribution in [3.63, 3.8) is 0 Å². The number of rotatable bonds is 4. The van der Waals surface area contributed by atoms with Crippen LogP contribution >= 0.6 is 27.5 Å². The predicted octanol–water partition coefficient (Wildman–Crippen LogP) is 5.08. The summed E-state index contributed by atoms with van der Waals surface area (Å²) in [6.45, 7) is 2.21. The highest BCUT2D eigenvalue weighted by molar-refractivity contribution is 9.10. The Morgan fingerprint density at radius 1 is 1.50 bits per heavy atom. The summed E-state index contributed by atoms with van der Waals surface area (Å²) in [5, 5.41) is 0. The predicted molar refractivity (Wildman–Crippen MR) is 83.9 cm³/mol. The van der Waals surface area contributed by atoms with Gasteiger partial charge in [-0.3, -0.25) is 0 Å². The lowest BCUT2D eigenvalue weighted by atomic mass is 9.80. The van der Waals surface area contributed by atoms with Gasteiger partial charge in [-0.15, -0.1) is 11.6 Å². The minimum atomic E-state index is -0.239. The molecule has 0 aliphatic heterocycles. The number of hydrogen-bond donors (Lipinski definition) is 0. The average molecular weight is 360 g/mol. The lowest BCUT2D eigenvalue weighted by Gasteiger charge is -2.33. The summed E-state index contributed by atoms with van der Waals surface area (Å²) in [4.78, 5) is 4.65. The molecule has 3 rings (SSSR count). The van der Waals surface area contributed by atoms with Crippen molar-refractivity contribution in [1.82, 2.24) is 9.55 Å². The molecule has 1 aliphatic rings. The number of hydrogen-bond acceptors (Lipinski definition) is 1. The van der Waals surface area contributed by atoms with Crippen LogP contribution in [0.3, 0.4) is 0 Å². The third kappa shape index (κ3) is 2.37. The standard InChI is InChI=1S/C15H17BrClFN2/c1-9(10-3-2-4-10)20-14-8-12(18)11(16)7-13(14)19-15(20)5-6-17/h7-10H,2-6H2,1H3. The highest BCUT2D eigenvalue weighted by atomic mass is 79.9. The molecule has 1 unspecified atom stereocenters. The Bertz CT molecular complexity index is 636. The van der Waals surface area contributed by atoms with Gasteiger partial charge < -0.3 is 4.57 Å². The summed E-state index contributed by atoms with van der Waals surface area (Å²) in [7, 11) is 0. The van der Waals surface area contributed by atoms with Crippen molar-refractivity contribution in [3.05, 3.63) is 28.2 Å². The largest absolute Gasteiger partial charge is 0.325 e. The first-order valence-electron chi connectivity index (χ1n) is 7.03. The maximum atomic E-state index is 13.9. The zero-order valence-corrected chi connectivity index (χ0v) is 13.7. The van der Waals surface area contributed by atoms with Crippen LogP contribution in [0.15, 0.2) is 16.6 Å². The second-order valence-corrected chi connectivity index (χ2v) is 6.76. The minimum Gasteiger partial charge on any atom is -0.325 e. The highest BCUT2D eigenvalue weighted by Gasteiger charge is 2.28. The molecule has 1 heterocycles. The molecule has 0 spiro atoms. The molecule has 1 aromatic carbocycles. The molecule has 1 atom stereocenters. The van der Waals surface area contributed by atoms with E-state index in [1.165, 1.54) is 19.3 Å². The van der Waals surface area contributed by atoms with Crippen LogP contribution in [0.1, 0.15) is 38.1 Å². The molecule has 1 saturated carbocycles. The first-order valence-corrected chi connectivity index (χ1v) is 8.36. The molecule has 5 heteroatoms. The van der Waals surface area contributed by atoms with Gasteiger partial charge in [-0.2, -0.15) is 0 Å². The van der Waals surface area contributed by atoms with Gasteiger partial charge >= 0.3 is 0 Å². The highest BCUT2D eigenvalue weighted by Crippen LogP contribution is 2.38. The summed E-state index contributed by atoms with van der Waals surface area (Å²) in [6, 6.07) is 3.69. The van der Waals surface area contributed by atoms with Crippen LogP contribution in [-0.4, -0.2) is 15.4 Å². The molecule has 0 amide bonds. The molecule has 1 aliphatic carbocycles. The van der Waals surface area contributed by atoms with Crippen LogP contribution in [0.2, 0.25) is 0 Å². The van der Waals surface area contributed by atoms with E-state index in [1.54, 1.807) is 12.1 Å². The Morgan fingerprint density at radius 2 is 2.25 bits per heavy atom. The molecule has 2 nitrogen and oxygen atoms in total. The monoisotopic (exact) mass is 358 g/mol. The zero-order valence-electron chi connectivity index (χ0n) is 11.4. The number of benzene rings is 1. The molecule has 1 fully saturated rings. The van der Waals surface area contributed by atoms with Crippen LogP contribution in [0, 0.1) is 11.7 Å². The van der Waals surface area contributed by atoms with Gasteiger partial charge in [0.2, 0.25) is 0 Å². The molecule has 0 radical (unpaired) electrons. The topological polar surface area (TPSA) is 17.8 Å². The van der Waals surface area contributed by atoms with E-state index in [1.807, 2.05) is 0 Å². The van der Waals surface area contributed by atoms with Crippen molar-refractivity contribution in [2.45, 2.75) is 38.6 Å². The summed E-state index contributed by atoms with van der Waals surface area (Å²) in [5.41, 5.74) is 1.72. The van der Waals surface area contributed by atoms with E-state index in [0.29, 0.717) is 28.7 Å². The fraction of sp³-hybridized carbons (Fsp3) is 0.533. The maximum Gasteiger partial charge on any atom is 0.139 e. The molecule has 0 N–H and O–H groups in total. The molecule has 20 heavy (non-hydrogen) atoms. The Labute approximate surface area is 131 Å². The third-order valence-corrected chi connectivity index (χ3v) is 5.16. The number of imidazole rings is 1. The zero-order chi connectivity index (χ0) is 14.3. The fourth-order valence-corrected chi connectivity index (χ4v) is 3.49. The lowest BCUT2D eigenvalue weighted by molar-refractivity contribution is 0.223. The summed E-state index contributed by atoms with van der Waals surface area (Å²) in [5.74, 6) is 1.93. The molecular formula is C15H17BrClFN2. The molecular weight excluding hydrogens is 343 g/mol. The molecule has 1 aromatic heterocycles. The molecule has 108 valence electrons. The van der Waals surface area contributed by atoms with Crippen LogP contribution in [0.5, 0.6) is 0 Å². The van der Waals surface area contributed by atoms with Crippen molar-refractivity contribution in [1.29, 1.82) is 0 Å². The van der Waals surface area contributed by atoms with Crippen LogP contribution < -0.4 is 0 Å². The molecule has 2 aromatic rings. The van der Waals surface area contributed by atoms with Crippen LogP contribution in [0.25, 0.3) is 11.0 Å². The average Bonchev–Trinajstić information content (AvgIpc) is 2.65. The van der Waals surface area contributed by atoms with Gasteiger partial charge in [0.05, 0.1) is 15.5 Å². The van der Waals surface area contributed by atoms with E-state index < -0.39 is 0 Å². The SMILES string of the molecule is CC(C1CCC1)n1c(CCCl)nc2cc(Br)c(F)cc21. The van der Waals surface area contributed by atoms with E-state index in [4.69, 9.17) is 11.6 Å². The van der Waals surface area contributed by atoms with Crippen LogP contribution in [-0.2, 0) is 6.42 Å². The minimum absolute atomic E-state index is 0.239. The Balaban J connectivity index is 2.14. The van der Waals surface area contributed by atoms with Gasteiger partial charge in [-0.05, 0) is 47.7 Å². The van der Waals surface area contributed by atoms with Crippen molar-refractivity contribution in [2.24, 2.45) is 5.92 Å². The number of aromatic nitrogens is 2. The number of fused-ring (bicyclic) bond motifs is 1. The quantitative estimate of drug-likeness (QED) is 0.696. The summed E-state index contributed by atoms with van der Waals surface area (Å²) in [6.07, 6.45) is 4.51. The second kappa shape index (κ2) is 5.64. The fourth-order valence-electron chi connectivity index (χ4n) is 2.99. The van der Waals surface area contributed by atoms with Gasteiger partial charge in [0, 0.05) is 24.4 Å². The van der Waals surface area contributed by atoms with E-state index in [-0.39, 0.29) is 5.82 Å². The van der Waals surface area contributed by atoms with Gasteiger partial charge in [-0.25, -0.2) is 9.37 Å². The number of alkyl halides is 1. The lowest BCUT2D eigenvalue weighted by Crippen LogP contribution is -2.24. The van der Waals surface area contributed by atoms with Crippen molar-refractivity contribution >= 4 is 38.6 Å². The summed E-state index contributed by atoms with van der Waals surface area (Å²) < 4.78 is 16.5. The van der Waals surface area contributed by atoms with Gasteiger partial charge in [0.1, 0.15) is 11.6 Å². The molecule has 0 saturated heterocycles. The maximum absolute atomic E-state index is 13.9. The first-order chi connectivity index (χ1) is 9.61. The van der Waals surface area contributed by atoms with Gasteiger partial charge in [0.15, 0.2) is 0 Å². The van der Waals surface area contributed by atoms with Crippen molar-refractivity contribution < 1.29 is 4.39 Å². The first kappa shape index (κ1) is 14.3. The van der Waals surface area contributed by atoms with E-state index in [9.17, 15) is 4.39 Å². The smallest absolute Gasteiger partial charge is 0.139 e. The number of halogens is 3. The van der Waals surface area contributed by atoms with Crippen LogP contribution in [0.4, 0.5) is 4.39 Å². The Morgan fingerprint density at radius 3 is 2.85 bits per heavy atom. The van der Waals surface area contributed by atoms with E-state index >= 15 is 0 Å². The summed E-state index contributed by atoms with van der Waals surface area (Å²) >= 11 is 9.12. The van der Waals surface area contributed by atoms with E-state index in [2.05, 4.69) is 32.4 Å². The Kier molecular flexibility index (Phi) is 4.04. The number of nitrogens with zero attached hydrogens (tertiary/aromatic N) is 2. The second-order valence-electron chi connectivity index (χ2n) is 5.52. The van der Waals surface area contributed by atoms with E-state index in [0.717, 1.165) is 16.9 Å². The van der Waals surface area contributed by atoms with Gasteiger partial charge in [0.25, 0.3) is 0 Å². The van der Waals surface area contributed by atoms with Crippen molar-refractivity contribution in [3.8, 4) is 0 Å². The van der Waals surface area contributed by atoms with Crippen molar-refractivity contribution in [2.75, 3.05) is 5.88 Å². The third-order valence-electron chi connectivity index (χ3n) is 4.36. The Hall–Kier alpha value is -0.610. The normalized spacial score (nSPS) is 17.4. The molecule has 0 bridgehead atoms. The van der Waals surface area contributed by atoms with Gasteiger partial charge in [-0.1, -0.05) is 6.42 Å².